The van der Waals surface area contributed by atoms with Crippen molar-refractivity contribution >= 4 is 11.9 Å². The third kappa shape index (κ3) is 4.33. The molecule has 1 unspecified atom stereocenters. The summed E-state index contributed by atoms with van der Waals surface area (Å²) < 4.78 is 3.45. The number of fused-ring (bicyclic) bond motifs is 1. The van der Waals surface area contributed by atoms with Crippen molar-refractivity contribution in [3.05, 3.63) is 29.3 Å². The molecule has 1 aromatic rings. The van der Waals surface area contributed by atoms with Gasteiger partial charge in [0.25, 0.3) is 0 Å². The number of hydrogen-bond donors (Lipinski definition) is 1. The lowest BCUT2D eigenvalue weighted by atomic mass is 9.98. The van der Waals surface area contributed by atoms with Crippen LogP contribution in [0.3, 0.4) is 0 Å². The summed E-state index contributed by atoms with van der Waals surface area (Å²) in [7, 11) is 0. The molecule has 0 bridgehead atoms. The highest BCUT2D eigenvalue weighted by atomic mass is 32.2. The normalized spacial score (nSPS) is 16.3. The molecule has 0 amide bonds. The van der Waals surface area contributed by atoms with Crippen molar-refractivity contribution in [2.45, 2.75) is 71.7 Å². The minimum absolute atomic E-state index is 0.552. The van der Waals surface area contributed by atoms with Gasteiger partial charge in [-0.25, -0.2) is 0 Å². The second-order valence-electron chi connectivity index (χ2n) is 4.13. The minimum atomic E-state index is 0.552. The third-order valence-corrected chi connectivity index (χ3v) is 3.77. The molecule has 1 N–H and O–H groups in total. The fourth-order valence-corrected chi connectivity index (χ4v) is 2.87. The third-order valence-electron chi connectivity index (χ3n) is 2.80. The zero-order valence-corrected chi connectivity index (χ0v) is 13.8. The van der Waals surface area contributed by atoms with Crippen LogP contribution in [0.25, 0.3) is 0 Å². The molecule has 0 aromatic heterocycles. The molecule has 0 fully saturated rings. The Morgan fingerprint density at radius 3 is 2.28 bits per heavy atom. The van der Waals surface area contributed by atoms with Crippen molar-refractivity contribution in [3.8, 4) is 0 Å². The molecule has 18 heavy (non-hydrogen) atoms. The first-order valence-electron chi connectivity index (χ1n) is 7.28. The first-order valence-corrected chi connectivity index (χ1v) is 8.10. The number of benzene rings is 1. The lowest BCUT2D eigenvalue weighted by Crippen LogP contribution is -2.05. The SMILES string of the molecule is CC.CC.CCC1NSc2cc(C(C)C)ccc21. The number of hydrogen-bond acceptors (Lipinski definition) is 2. The first kappa shape index (κ1) is 17.5. The lowest BCUT2D eigenvalue weighted by Gasteiger charge is -2.09. The average Bonchev–Trinajstić information content (AvgIpc) is 2.85. The summed E-state index contributed by atoms with van der Waals surface area (Å²) in [5.41, 5.74) is 2.91. The van der Waals surface area contributed by atoms with Crippen molar-refractivity contribution in [1.29, 1.82) is 0 Å². The summed E-state index contributed by atoms with van der Waals surface area (Å²) in [4.78, 5) is 1.42. The molecule has 2 rings (SSSR count). The zero-order valence-electron chi connectivity index (χ0n) is 13.0. The molecule has 0 saturated carbocycles. The Bertz CT molecular complexity index is 334. The van der Waals surface area contributed by atoms with E-state index >= 15 is 0 Å². The van der Waals surface area contributed by atoms with Gasteiger partial charge in [0.2, 0.25) is 0 Å². The van der Waals surface area contributed by atoms with Crippen molar-refractivity contribution in [1.82, 2.24) is 4.72 Å². The molecule has 0 radical (unpaired) electrons. The predicted octanol–water partition coefficient (Wildman–Crippen LogP) is 5.92. The van der Waals surface area contributed by atoms with Gasteiger partial charge in [0.15, 0.2) is 0 Å². The molecule has 1 nitrogen and oxygen atoms in total. The summed E-state index contributed by atoms with van der Waals surface area (Å²) in [6, 6.07) is 7.43. The van der Waals surface area contributed by atoms with E-state index in [1.54, 1.807) is 11.9 Å². The molecule has 0 spiro atoms. The summed E-state index contributed by atoms with van der Waals surface area (Å²) in [6.45, 7) is 14.7. The molecule has 1 aliphatic rings. The Kier molecular flexibility index (Phi) is 9.21. The molecule has 1 heterocycles. The van der Waals surface area contributed by atoms with Crippen LogP contribution in [-0.4, -0.2) is 0 Å². The van der Waals surface area contributed by atoms with E-state index in [1.165, 1.54) is 22.4 Å². The van der Waals surface area contributed by atoms with Gasteiger partial charge in [0.05, 0.1) is 0 Å². The fourth-order valence-electron chi connectivity index (χ4n) is 1.79. The molecule has 1 aromatic carbocycles. The Morgan fingerprint density at radius 2 is 1.78 bits per heavy atom. The monoisotopic (exact) mass is 267 g/mol. The smallest absolute Gasteiger partial charge is 0.0433 e. The van der Waals surface area contributed by atoms with Crippen LogP contribution in [0.1, 0.15) is 78.0 Å². The highest BCUT2D eigenvalue weighted by Crippen LogP contribution is 2.38. The van der Waals surface area contributed by atoms with Crippen molar-refractivity contribution < 1.29 is 0 Å². The minimum Gasteiger partial charge on any atom is -0.252 e. The van der Waals surface area contributed by atoms with Crippen LogP contribution in [0.2, 0.25) is 0 Å². The quantitative estimate of drug-likeness (QED) is 0.667. The van der Waals surface area contributed by atoms with Crippen molar-refractivity contribution in [2.24, 2.45) is 0 Å². The van der Waals surface area contributed by atoms with E-state index in [2.05, 4.69) is 43.7 Å². The maximum Gasteiger partial charge on any atom is 0.0433 e. The molecular weight excluding hydrogens is 238 g/mol. The van der Waals surface area contributed by atoms with E-state index in [4.69, 9.17) is 0 Å². The molecule has 0 aliphatic carbocycles. The highest BCUT2D eigenvalue weighted by molar-refractivity contribution is 7.97. The largest absolute Gasteiger partial charge is 0.252 e. The van der Waals surface area contributed by atoms with Gasteiger partial charge in [-0.05, 0) is 41.5 Å². The topological polar surface area (TPSA) is 12.0 Å². The number of rotatable bonds is 2. The second kappa shape index (κ2) is 9.46. The molecule has 1 aliphatic heterocycles. The predicted molar refractivity (Wildman–Crippen MR) is 85.3 cm³/mol. The lowest BCUT2D eigenvalue weighted by molar-refractivity contribution is 0.659. The molecule has 2 heteroatoms. The molecule has 104 valence electrons. The van der Waals surface area contributed by atoms with Crippen LogP contribution in [-0.2, 0) is 0 Å². The Balaban J connectivity index is 0.000000659. The van der Waals surface area contributed by atoms with Gasteiger partial charge in [-0.15, -0.1) is 0 Å². The van der Waals surface area contributed by atoms with Crippen molar-refractivity contribution in [2.75, 3.05) is 0 Å². The van der Waals surface area contributed by atoms with Crippen LogP contribution < -0.4 is 4.72 Å². The van der Waals surface area contributed by atoms with E-state index in [0.717, 1.165) is 0 Å². The highest BCUT2D eigenvalue weighted by Gasteiger charge is 2.21. The van der Waals surface area contributed by atoms with Crippen LogP contribution in [0.5, 0.6) is 0 Å². The molecular formula is C16H29NS. The van der Waals surface area contributed by atoms with Gasteiger partial charge in [-0.3, -0.25) is 4.72 Å². The maximum atomic E-state index is 3.45. The summed E-state index contributed by atoms with van der Waals surface area (Å²) in [5.74, 6) is 0.626. The molecule has 0 saturated heterocycles. The van der Waals surface area contributed by atoms with Crippen LogP contribution >= 0.6 is 11.9 Å². The van der Waals surface area contributed by atoms with E-state index in [1.807, 2.05) is 27.7 Å². The van der Waals surface area contributed by atoms with Crippen LogP contribution in [0.15, 0.2) is 23.1 Å². The van der Waals surface area contributed by atoms with E-state index in [-0.39, 0.29) is 0 Å². The van der Waals surface area contributed by atoms with Gasteiger partial charge in [0.1, 0.15) is 0 Å². The zero-order chi connectivity index (χ0) is 14.1. The van der Waals surface area contributed by atoms with E-state index in [0.29, 0.717) is 12.0 Å². The average molecular weight is 267 g/mol. The van der Waals surface area contributed by atoms with E-state index < -0.39 is 0 Å². The fraction of sp³-hybridized carbons (Fsp3) is 0.625. The van der Waals surface area contributed by atoms with Gasteiger partial charge >= 0.3 is 0 Å². The van der Waals surface area contributed by atoms with Crippen LogP contribution in [0, 0.1) is 0 Å². The summed E-state index contributed by atoms with van der Waals surface area (Å²) in [5, 5.41) is 0. The Labute approximate surface area is 118 Å². The van der Waals surface area contributed by atoms with Crippen molar-refractivity contribution in [3.63, 3.8) is 0 Å². The van der Waals surface area contributed by atoms with Gasteiger partial charge in [-0.1, -0.05) is 60.6 Å². The maximum absolute atomic E-state index is 3.45. The molecule has 1 atom stereocenters. The first-order chi connectivity index (χ1) is 8.72. The second-order valence-corrected chi connectivity index (χ2v) is 5.01. The Hall–Kier alpha value is -0.470. The number of nitrogens with one attached hydrogen (secondary N) is 1. The van der Waals surface area contributed by atoms with Gasteiger partial charge < -0.3 is 0 Å². The standard InChI is InChI=1S/C12H17NS.2C2H6/c1-4-11-10-6-5-9(8(2)3)7-12(10)14-13-11;2*1-2/h5-8,11,13H,4H2,1-3H3;2*1-2H3. The summed E-state index contributed by atoms with van der Waals surface area (Å²) >= 11 is 1.78. The summed E-state index contributed by atoms with van der Waals surface area (Å²) in [6.07, 6.45) is 1.17. The van der Waals surface area contributed by atoms with Crippen LogP contribution in [0.4, 0.5) is 0 Å². The van der Waals surface area contributed by atoms with Gasteiger partial charge in [0, 0.05) is 10.9 Å². The Morgan fingerprint density at radius 1 is 1.17 bits per heavy atom. The van der Waals surface area contributed by atoms with E-state index in [9.17, 15) is 0 Å². The van der Waals surface area contributed by atoms with Gasteiger partial charge in [-0.2, -0.15) is 0 Å².